The number of aliphatic carboxylic acids is 1. The van der Waals surface area contributed by atoms with Crippen molar-refractivity contribution >= 4 is 5.97 Å². The van der Waals surface area contributed by atoms with Gasteiger partial charge in [0.2, 0.25) is 0 Å². The molecule has 0 aliphatic carbocycles. The molecule has 0 bridgehead atoms. The van der Waals surface area contributed by atoms with E-state index in [0.29, 0.717) is 0 Å². The Morgan fingerprint density at radius 1 is 1.56 bits per heavy atom. The Kier molecular flexibility index (Phi) is 39.9. The molecule has 0 radical (unpaired) electrons. The van der Waals surface area contributed by atoms with Crippen molar-refractivity contribution in [2.45, 2.75) is 13.8 Å². The van der Waals surface area contributed by atoms with Gasteiger partial charge in [-0.15, -0.1) is 0 Å². The van der Waals surface area contributed by atoms with E-state index in [1.165, 1.54) is 0 Å². The van der Waals surface area contributed by atoms with Crippen LogP contribution in [0.15, 0.2) is 0 Å². The Balaban J connectivity index is -0.0000000417. The summed E-state index contributed by atoms with van der Waals surface area (Å²) in [5.41, 5.74) is 4.85. The Bertz CT molecular complexity index is 62.5. The smallest absolute Gasteiger partial charge is 1.00 e. The van der Waals surface area contributed by atoms with E-state index in [-0.39, 0.29) is 51.7 Å². The minimum absolute atomic E-state index is 0. The second-order valence-electron chi connectivity index (χ2n) is 0.932. The molecule has 0 saturated carbocycles. The summed E-state index contributed by atoms with van der Waals surface area (Å²) in [6, 6.07) is 0. The quantitative estimate of drug-likeness (QED) is 0.383. The van der Waals surface area contributed by atoms with E-state index < -0.39 is 5.97 Å². The van der Waals surface area contributed by atoms with Crippen molar-refractivity contribution in [3.8, 4) is 0 Å². The molecular formula is C4H11ClLiNO2. The fourth-order valence-corrected chi connectivity index (χ4v) is 0.123. The number of hydrogen-bond acceptors (Lipinski definition) is 2. The molecule has 0 amide bonds. The SMILES string of the molecule is C.NCCC(=O)O.[Cl-].[Li+]. The molecule has 0 saturated heterocycles. The molecule has 0 atom stereocenters. The summed E-state index contributed by atoms with van der Waals surface area (Å²) in [6.45, 7) is 0.231. The summed E-state index contributed by atoms with van der Waals surface area (Å²) in [4.78, 5) is 9.52. The largest absolute Gasteiger partial charge is 1.00 e. The Morgan fingerprint density at radius 2 is 1.89 bits per heavy atom. The molecule has 9 heavy (non-hydrogen) atoms. The van der Waals surface area contributed by atoms with Crippen molar-refractivity contribution in [1.82, 2.24) is 0 Å². The van der Waals surface area contributed by atoms with Crippen molar-refractivity contribution in [3.05, 3.63) is 0 Å². The molecule has 0 spiro atoms. The number of carbonyl (C=O) groups is 1. The second-order valence-corrected chi connectivity index (χ2v) is 0.932. The van der Waals surface area contributed by atoms with Gasteiger partial charge in [-0.25, -0.2) is 0 Å². The summed E-state index contributed by atoms with van der Waals surface area (Å²) in [7, 11) is 0. The predicted octanol–water partition coefficient (Wildman–Crippen LogP) is -5.94. The molecule has 0 fully saturated rings. The van der Waals surface area contributed by atoms with Crippen molar-refractivity contribution in [3.63, 3.8) is 0 Å². The molecule has 0 unspecified atom stereocenters. The van der Waals surface area contributed by atoms with Crippen molar-refractivity contribution in [2.24, 2.45) is 5.73 Å². The van der Waals surface area contributed by atoms with Crippen molar-refractivity contribution in [1.29, 1.82) is 0 Å². The van der Waals surface area contributed by atoms with Crippen LogP contribution in [0.1, 0.15) is 13.8 Å². The first kappa shape index (κ1) is 22.8. The van der Waals surface area contributed by atoms with Crippen LogP contribution in [0, 0.1) is 0 Å². The van der Waals surface area contributed by atoms with Crippen LogP contribution in [-0.4, -0.2) is 17.6 Å². The van der Waals surface area contributed by atoms with Gasteiger partial charge in [0.05, 0.1) is 6.42 Å². The van der Waals surface area contributed by atoms with Gasteiger partial charge in [-0.2, -0.15) is 0 Å². The van der Waals surface area contributed by atoms with Crippen LogP contribution in [-0.2, 0) is 4.79 Å². The van der Waals surface area contributed by atoms with Gasteiger partial charge in [0.25, 0.3) is 0 Å². The van der Waals surface area contributed by atoms with Crippen LogP contribution in [0.2, 0.25) is 0 Å². The van der Waals surface area contributed by atoms with Gasteiger partial charge in [0.1, 0.15) is 0 Å². The Hall–Kier alpha value is 0.317. The molecule has 52 valence electrons. The summed E-state index contributed by atoms with van der Waals surface area (Å²) in [5, 5.41) is 7.83. The average molecular weight is 148 g/mol. The molecule has 0 aromatic heterocycles. The molecule has 3 N–H and O–H groups in total. The van der Waals surface area contributed by atoms with Gasteiger partial charge in [-0.1, -0.05) is 7.43 Å². The zero-order valence-corrected chi connectivity index (χ0v) is 5.48. The van der Waals surface area contributed by atoms with E-state index in [4.69, 9.17) is 10.8 Å². The predicted molar refractivity (Wildman–Crippen MR) is 28.0 cm³/mol. The maximum Gasteiger partial charge on any atom is 1.00 e. The summed E-state index contributed by atoms with van der Waals surface area (Å²) in [5.74, 6) is -0.836. The third kappa shape index (κ3) is 30.2. The number of halogens is 1. The van der Waals surface area contributed by atoms with Crippen LogP contribution < -0.4 is 37.0 Å². The van der Waals surface area contributed by atoms with Crippen LogP contribution in [0.25, 0.3) is 0 Å². The molecular weight excluding hydrogens is 136 g/mol. The van der Waals surface area contributed by atoms with E-state index in [0.717, 1.165) is 0 Å². The number of nitrogens with two attached hydrogens (primary N) is 1. The average Bonchev–Trinajstić information content (AvgIpc) is 1.35. The van der Waals surface area contributed by atoms with Gasteiger partial charge < -0.3 is 23.2 Å². The van der Waals surface area contributed by atoms with Crippen molar-refractivity contribution < 1.29 is 41.2 Å². The number of carboxylic acid groups (broad SMARTS) is 1. The van der Waals surface area contributed by atoms with Crippen LogP contribution in [0.3, 0.4) is 0 Å². The molecule has 0 aromatic carbocycles. The molecule has 3 nitrogen and oxygen atoms in total. The molecule has 0 aliphatic rings. The van der Waals surface area contributed by atoms with E-state index in [9.17, 15) is 4.79 Å². The maximum absolute atomic E-state index is 9.52. The summed E-state index contributed by atoms with van der Waals surface area (Å²) in [6.07, 6.45) is 0.0694. The van der Waals surface area contributed by atoms with Gasteiger partial charge in [-0.05, 0) is 0 Å². The second kappa shape index (κ2) is 15.8. The fourth-order valence-electron chi connectivity index (χ4n) is 0.123. The zero-order chi connectivity index (χ0) is 4.99. The van der Waals surface area contributed by atoms with E-state index >= 15 is 0 Å². The monoisotopic (exact) mass is 147 g/mol. The number of rotatable bonds is 2. The van der Waals surface area contributed by atoms with E-state index in [1.807, 2.05) is 0 Å². The van der Waals surface area contributed by atoms with Crippen LogP contribution in [0.4, 0.5) is 0 Å². The first-order valence-corrected chi connectivity index (χ1v) is 1.69. The number of hydrogen-bond donors (Lipinski definition) is 2. The molecule has 0 aromatic rings. The molecule has 5 heteroatoms. The molecule has 0 aliphatic heterocycles. The Morgan fingerprint density at radius 3 is 1.89 bits per heavy atom. The van der Waals surface area contributed by atoms with Gasteiger partial charge in [-0.3, -0.25) is 4.79 Å². The zero-order valence-electron chi connectivity index (χ0n) is 4.72. The molecule has 0 rings (SSSR count). The van der Waals surface area contributed by atoms with Crippen LogP contribution >= 0.6 is 0 Å². The van der Waals surface area contributed by atoms with E-state index in [2.05, 4.69) is 0 Å². The van der Waals surface area contributed by atoms with Crippen molar-refractivity contribution in [2.75, 3.05) is 6.54 Å². The van der Waals surface area contributed by atoms with Gasteiger partial charge >= 0.3 is 24.8 Å². The molecule has 0 heterocycles. The Labute approximate surface area is 73.6 Å². The van der Waals surface area contributed by atoms with Crippen LogP contribution in [0.5, 0.6) is 0 Å². The fraction of sp³-hybridized carbons (Fsp3) is 0.750. The maximum atomic E-state index is 9.52. The van der Waals surface area contributed by atoms with E-state index in [1.54, 1.807) is 0 Å². The third-order valence-electron chi connectivity index (χ3n) is 0.358. The first-order chi connectivity index (χ1) is 2.77. The minimum Gasteiger partial charge on any atom is -1.00 e. The minimum atomic E-state index is -0.836. The standard InChI is InChI=1S/C3H7NO2.CH4.ClH.Li/c4-2-1-3(5)6;;;/h1-2,4H2,(H,5,6);1H4;1H;/q;;;+1/p-1. The first-order valence-electron chi connectivity index (χ1n) is 1.69. The summed E-state index contributed by atoms with van der Waals surface area (Å²) >= 11 is 0. The van der Waals surface area contributed by atoms with Gasteiger partial charge in [0.15, 0.2) is 0 Å². The normalized spacial score (nSPS) is 5.44. The third-order valence-corrected chi connectivity index (χ3v) is 0.358. The topological polar surface area (TPSA) is 63.3 Å². The number of carboxylic acids is 1. The summed E-state index contributed by atoms with van der Waals surface area (Å²) < 4.78 is 0. The van der Waals surface area contributed by atoms with Gasteiger partial charge in [0, 0.05) is 6.54 Å².